The fraction of sp³-hybridized carbons (Fsp3) is 0.579. The van der Waals surface area contributed by atoms with E-state index in [0.29, 0.717) is 11.3 Å². The van der Waals surface area contributed by atoms with E-state index in [9.17, 15) is 14.7 Å². The Morgan fingerprint density at radius 2 is 2.04 bits per heavy atom. The maximum absolute atomic E-state index is 12.7. The van der Waals surface area contributed by atoms with Crippen molar-refractivity contribution in [3.05, 3.63) is 35.6 Å². The number of carbonyl (C=O) groups is 2. The molecule has 6 heteroatoms. The summed E-state index contributed by atoms with van der Waals surface area (Å²) < 4.78 is 17.5. The first-order valence-corrected chi connectivity index (χ1v) is 8.44. The average Bonchev–Trinajstić information content (AvgIpc) is 3.03. The van der Waals surface area contributed by atoms with Crippen LogP contribution >= 0.6 is 0 Å². The molecule has 6 nitrogen and oxygen atoms in total. The SMILES string of the molecule is C=C(C)[C@]1(O)O[C@@H]2C[C@]3(C)OC(=CC3=O)C(C)=C[C@@H]3OC(=O)[C@]1(C)[C@H]32. The third-order valence-corrected chi connectivity index (χ3v) is 6.20. The van der Waals surface area contributed by atoms with Crippen molar-refractivity contribution in [3.63, 3.8) is 0 Å². The van der Waals surface area contributed by atoms with E-state index in [1.807, 2.05) is 6.92 Å². The lowest BCUT2D eigenvalue weighted by Crippen LogP contribution is -2.49. The minimum absolute atomic E-state index is 0.144. The highest BCUT2D eigenvalue weighted by atomic mass is 16.7. The number of carbonyl (C=O) groups excluding carboxylic acids is 2. The summed E-state index contributed by atoms with van der Waals surface area (Å²) in [5, 5.41) is 11.2. The van der Waals surface area contributed by atoms with Crippen molar-refractivity contribution in [2.45, 2.75) is 57.7 Å². The van der Waals surface area contributed by atoms with Crippen LogP contribution in [0.4, 0.5) is 0 Å². The predicted octanol–water partition coefficient (Wildman–Crippen LogP) is 1.79. The number of hydrogen-bond donors (Lipinski definition) is 1. The molecule has 25 heavy (non-hydrogen) atoms. The molecule has 4 rings (SSSR count). The van der Waals surface area contributed by atoms with Gasteiger partial charge in [0.1, 0.15) is 17.3 Å². The van der Waals surface area contributed by atoms with Crippen LogP contribution in [0.1, 0.15) is 34.1 Å². The second-order valence-electron chi connectivity index (χ2n) is 7.94. The van der Waals surface area contributed by atoms with Gasteiger partial charge < -0.3 is 19.3 Å². The largest absolute Gasteiger partial charge is 0.479 e. The third-order valence-electron chi connectivity index (χ3n) is 6.20. The molecule has 0 aromatic heterocycles. The molecule has 0 aliphatic carbocycles. The molecule has 4 aliphatic heterocycles. The minimum Gasteiger partial charge on any atom is -0.479 e. The number of rotatable bonds is 1. The molecule has 2 bridgehead atoms. The number of aliphatic hydroxyl groups is 1. The Bertz CT molecular complexity index is 779. The van der Waals surface area contributed by atoms with Gasteiger partial charge in [-0.05, 0) is 44.9 Å². The van der Waals surface area contributed by atoms with E-state index in [0.717, 1.165) is 5.57 Å². The van der Waals surface area contributed by atoms with Gasteiger partial charge in [0.2, 0.25) is 11.6 Å². The Morgan fingerprint density at radius 3 is 2.68 bits per heavy atom. The molecular formula is C19H22O6. The van der Waals surface area contributed by atoms with Crippen molar-refractivity contribution < 1.29 is 28.9 Å². The highest BCUT2D eigenvalue weighted by Gasteiger charge is 2.74. The number of hydrogen-bond acceptors (Lipinski definition) is 6. The number of fused-ring (bicyclic) bond motifs is 2. The normalized spacial score (nSPS) is 47.8. The zero-order valence-electron chi connectivity index (χ0n) is 14.8. The Labute approximate surface area is 146 Å². The van der Waals surface area contributed by atoms with Crippen LogP contribution in [0, 0.1) is 11.3 Å². The highest BCUT2D eigenvalue weighted by molar-refractivity contribution is 6.00. The van der Waals surface area contributed by atoms with Gasteiger partial charge in [-0.1, -0.05) is 6.58 Å². The van der Waals surface area contributed by atoms with Gasteiger partial charge >= 0.3 is 5.97 Å². The highest BCUT2D eigenvalue weighted by Crippen LogP contribution is 2.60. The lowest BCUT2D eigenvalue weighted by molar-refractivity contribution is -0.219. The van der Waals surface area contributed by atoms with Gasteiger partial charge in [0.15, 0.2) is 5.60 Å². The molecule has 4 aliphatic rings. The van der Waals surface area contributed by atoms with Crippen molar-refractivity contribution in [2.24, 2.45) is 11.3 Å². The maximum Gasteiger partial charge on any atom is 0.318 e. The summed E-state index contributed by atoms with van der Waals surface area (Å²) in [6.45, 7) is 10.6. The summed E-state index contributed by atoms with van der Waals surface area (Å²) >= 11 is 0. The van der Waals surface area contributed by atoms with E-state index in [1.54, 1.807) is 26.8 Å². The van der Waals surface area contributed by atoms with Crippen LogP contribution in [-0.2, 0) is 23.8 Å². The van der Waals surface area contributed by atoms with Crippen LogP contribution in [0.5, 0.6) is 0 Å². The molecule has 0 unspecified atom stereocenters. The molecule has 2 fully saturated rings. The first-order valence-electron chi connectivity index (χ1n) is 8.44. The Balaban J connectivity index is 1.90. The molecule has 0 aromatic carbocycles. The number of esters is 1. The minimum atomic E-state index is -1.84. The van der Waals surface area contributed by atoms with E-state index in [4.69, 9.17) is 14.2 Å². The van der Waals surface area contributed by atoms with Crippen LogP contribution in [0.25, 0.3) is 0 Å². The number of ether oxygens (including phenoxy) is 3. The van der Waals surface area contributed by atoms with Crippen molar-refractivity contribution in [1.82, 2.24) is 0 Å². The third kappa shape index (κ3) is 1.81. The first kappa shape index (κ1) is 16.5. The molecule has 6 atom stereocenters. The summed E-state index contributed by atoms with van der Waals surface area (Å²) in [5.41, 5.74) is -1.31. The summed E-state index contributed by atoms with van der Waals surface area (Å²) in [4.78, 5) is 25.2. The second-order valence-corrected chi connectivity index (χ2v) is 7.94. The van der Waals surface area contributed by atoms with Gasteiger partial charge in [0.25, 0.3) is 0 Å². The van der Waals surface area contributed by atoms with E-state index in [2.05, 4.69) is 6.58 Å². The topological polar surface area (TPSA) is 82.1 Å². The van der Waals surface area contributed by atoms with Crippen LogP contribution in [0.15, 0.2) is 35.6 Å². The Hall–Kier alpha value is -1.92. The van der Waals surface area contributed by atoms with E-state index < -0.39 is 40.9 Å². The standard InChI is InChI=1S/C19H22O6/c1-9(2)19(22)18(5)15-12(23-16(18)21)6-10(3)11-7-14(20)17(4,24-11)8-13(15)25-19/h6-7,12-13,15,22H,1,8H2,2-5H3/t12-,13+,15+,17-,18-,19-/m0/s1. The lowest BCUT2D eigenvalue weighted by atomic mass is 9.67. The monoisotopic (exact) mass is 346 g/mol. The van der Waals surface area contributed by atoms with Gasteiger partial charge in [-0.15, -0.1) is 0 Å². The second kappa shape index (κ2) is 4.62. The molecule has 0 amide bonds. The maximum atomic E-state index is 12.7. The van der Waals surface area contributed by atoms with Gasteiger partial charge in [-0.25, -0.2) is 0 Å². The van der Waals surface area contributed by atoms with Crippen molar-refractivity contribution in [2.75, 3.05) is 0 Å². The molecule has 0 aromatic rings. The van der Waals surface area contributed by atoms with Gasteiger partial charge in [0, 0.05) is 18.4 Å². The van der Waals surface area contributed by atoms with Crippen LogP contribution in [0.3, 0.4) is 0 Å². The summed E-state index contributed by atoms with van der Waals surface area (Å²) in [6, 6.07) is 0. The zero-order chi connectivity index (χ0) is 18.4. The predicted molar refractivity (Wildman–Crippen MR) is 87.1 cm³/mol. The lowest BCUT2D eigenvalue weighted by Gasteiger charge is -2.34. The van der Waals surface area contributed by atoms with Gasteiger partial charge in [-0.3, -0.25) is 9.59 Å². The number of ketones is 1. The van der Waals surface area contributed by atoms with E-state index in [-0.39, 0.29) is 12.2 Å². The van der Waals surface area contributed by atoms with Crippen LogP contribution < -0.4 is 0 Å². The quantitative estimate of drug-likeness (QED) is 0.576. The molecule has 4 heterocycles. The van der Waals surface area contributed by atoms with Crippen molar-refractivity contribution in [1.29, 1.82) is 0 Å². The molecular weight excluding hydrogens is 324 g/mol. The molecule has 0 saturated carbocycles. The average molecular weight is 346 g/mol. The summed E-state index contributed by atoms with van der Waals surface area (Å²) in [6.07, 6.45) is 2.33. The van der Waals surface area contributed by atoms with Gasteiger partial charge in [-0.2, -0.15) is 0 Å². The molecule has 0 radical (unpaired) electrons. The van der Waals surface area contributed by atoms with Crippen LogP contribution in [-0.4, -0.2) is 40.5 Å². The zero-order valence-corrected chi connectivity index (χ0v) is 14.8. The molecule has 2 saturated heterocycles. The summed E-state index contributed by atoms with van der Waals surface area (Å²) in [7, 11) is 0. The smallest absolute Gasteiger partial charge is 0.318 e. The van der Waals surface area contributed by atoms with Crippen LogP contribution in [0.2, 0.25) is 0 Å². The fourth-order valence-corrected chi connectivity index (χ4v) is 4.64. The van der Waals surface area contributed by atoms with Gasteiger partial charge in [0.05, 0.1) is 6.10 Å². The number of allylic oxidation sites excluding steroid dienone is 1. The fourth-order valence-electron chi connectivity index (χ4n) is 4.64. The molecule has 134 valence electrons. The Morgan fingerprint density at radius 1 is 1.36 bits per heavy atom. The Kier molecular flexibility index (Phi) is 3.06. The van der Waals surface area contributed by atoms with Crippen molar-refractivity contribution >= 4 is 11.8 Å². The molecule has 0 spiro atoms. The molecule has 1 N–H and O–H groups in total. The van der Waals surface area contributed by atoms with Crippen molar-refractivity contribution in [3.8, 4) is 0 Å². The first-order chi connectivity index (χ1) is 11.5. The van der Waals surface area contributed by atoms with E-state index >= 15 is 0 Å². The summed E-state index contributed by atoms with van der Waals surface area (Å²) in [5.74, 6) is -2.45. The van der Waals surface area contributed by atoms with E-state index in [1.165, 1.54) is 6.08 Å².